The molecule has 5 nitrogen and oxygen atoms in total. The Kier molecular flexibility index (Phi) is 6.97. The van der Waals surface area contributed by atoms with Gasteiger partial charge in [-0.1, -0.05) is 32.0 Å². The molecule has 3 rings (SSSR count). The van der Waals surface area contributed by atoms with E-state index < -0.39 is 11.7 Å². The molecule has 0 bridgehead atoms. The van der Waals surface area contributed by atoms with Crippen LogP contribution in [0.5, 0.6) is 11.5 Å². The summed E-state index contributed by atoms with van der Waals surface area (Å²) in [7, 11) is 1.61. The van der Waals surface area contributed by atoms with Crippen LogP contribution < -0.4 is 14.8 Å². The highest BCUT2D eigenvalue weighted by molar-refractivity contribution is 5.74. The van der Waals surface area contributed by atoms with E-state index in [-0.39, 0.29) is 24.5 Å². The molecular formula is C23H27F3N2O3. The summed E-state index contributed by atoms with van der Waals surface area (Å²) in [5.41, 5.74) is 0.801. The van der Waals surface area contributed by atoms with Gasteiger partial charge in [0.1, 0.15) is 0 Å². The van der Waals surface area contributed by atoms with Gasteiger partial charge >= 0.3 is 12.2 Å². The smallest absolute Gasteiger partial charge is 0.416 e. The van der Waals surface area contributed by atoms with Crippen LogP contribution in [0.25, 0.3) is 0 Å². The Morgan fingerprint density at radius 1 is 1.06 bits per heavy atom. The first-order valence-electron chi connectivity index (χ1n) is 10.2. The van der Waals surface area contributed by atoms with E-state index in [1.54, 1.807) is 7.05 Å². The van der Waals surface area contributed by atoms with E-state index in [0.717, 1.165) is 24.1 Å². The van der Waals surface area contributed by atoms with Gasteiger partial charge in [-0.3, -0.25) is 0 Å². The van der Waals surface area contributed by atoms with Crippen LogP contribution in [0, 0.1) is 5.92 Å². The molecule has 0 radical (unpaired) electrons. The maximum atomic E-state index is 12.8. The Balaban J connectivity index is 1.68. The minimum absolute atomic E-state index is 0.105. The Bertz CT molecular complexity index is 898. The normalized spacial score (nSPS) is 14.7. The first-order valence-corrected chi connectivity index (χ1v) is 10.2. The van der Waals surface area contributed by atoms with Gasteiger partial charge in [-0.05, 0) is 41.3 Å². The van der Waals surface area contributed by atoms with Gasteiger partial charge in [-0.25, -0.2) is 4.79 Å². The fraction of sp³-hybridized carbons (Fsp3) is 0.435. The number of fused-ring (bicyclic) bond motifs is 1. The van der Waals surface area contributed by atoms with Crippen LogP contribution in [-0.4, -0.2) is 31.2 Å². The molecule has 1 N–H and O–H groups in total. The second-order valence-corrected chi connectivity index (χ2v) is 7.98. The average Bonchev–Trinajstić information content (AvgIpc) is 2.96. The maximum absolute atomic E-state index is 12.8. The number of hydrogen-bond donors (Lipinski definition) is 1. The van der Waals surface area contributed by atoms with Gasteiger partial charge in [-0.2, -0.15) is 13.2 Å². The van der Waals surface area contributed by atoms with Crippen LogP contribution in [0.3, 0.4) is 0 Å². The van der Waals surface area contributed by atoms with Crippen LogP contribution in [0.4, 0.5) is 18.0 Å². The lowest BCUT2D eigenvalue weighted by molar-refractivity contribution is -0.137. The molecule has 2 aromatic rings. The summed E-state index contributed by atoms with van der Waals surface area (Å²) in [6.07, 6.45) is -3.57. The van der Waals surface area contributed by atoms with E-state index in [4.69, 9.17) is 9.47 Å². The molecule has 0 spiro atoms. The molecule has 2 amide bonds. The second kappa shape index (κ2) is 9.49. The molecule has 1 aliphatic heterocycles. The van der Waals surface area contributed by atoms with E-state index in [9.17, 15) is 18.0 Å². The Morgan fingerprint density at radius 3 is 2.32 bits per heavy atom. The number of nitrogens with zero attached hydrogens (tertiary/aromatic N) is 1. The van der Waals surface area contributed by atoms with Gasteiger partial charge < -0.3 is 19.7 Å². The zero-order valence-electron chi connectivity index (χ0n) is 17.8. The van der Waals surface area contributed by atoms with Crippen molar-refractivity contribution in [3.05, 3.63) is 59.2 Å². The quantitative estimate of drug-likeness (QED) is 0.682. The molecule has 0 saturated heterocycles. The van der Waals surface area contributed by atoms with Crippen molar-refractivity contribution in [1.82, 2.24) is 10.2 Å². The third-order valence-electron chi connectivity index (χ3n) is 5.12. The fourth-order valence-electron chi connectivity index (χ4n) is 3.40. The van der Waals surface area contributed by atoms with E-state index >= 15 is 0 Å². The Labute approximate surface area is 180 Å². The number of rotatable bonds is 5. The van der Waals surface area contributed by atoms with Crippen molar-refractivity contribution in [2.24, 2.45) is 5.92 Å². The van der Waals surface area contributed by atoms with Crippen molar-refractivity contribution in [3.63, 3.8) is 0 Å². The van der Waals surface area contributed by atoms with Gasteiger partial charge in [0.2, 0.25) is 0 Å². The molecule has 8 heteroatoms. The number of amides is 2. The number of carbonyl (C=O) groups excluding carboxylic acids is 1. The number of ether oxygens (including phenoxy) is 2. The molecule has 168 valence electrons. The second-order valence-electron chi connectivity index (χ2n) is 7.98. The minimum Gasteiger partial charge on any atom is -0.490 e. The first-order chi connectivity index (χ1) is 14.6. The lowest BCUT2D eigenvalue weighted by Crippen LogP contribution is -2.40. The Morgan fingerprint density at radius 2 is 1.71 bits per heavy atom. The third-order valence-corrected chi connectivity index (χ3v) is 5.12. The number of hydrogen-bond acceptors (Lipinski definition) is 3. The van der Waals surface area contributed by atoms with Gasteiger partial charge in [0, 0.05) is 20.0 Å². The molecule has 1 unspecified atom stereocenters. The summed E-state index contributed by atoms with van der Waals surface area (Å²) < 4.78 is 49.6. The van der Waals surface area contributed by atoms with Crippen molar-refractivity contribution in [3.8, 4) is 11.5 Å². The summed E-state index contributed by atoms with van der Waals surface area (Å²) in [4.78, 5) is 14.2. The molecule has 31 heavy (non-hydrogen) atoms. The SMILES string of the molecule is CC(C)C(NC(=O)N(C)Cc1ccc(C(F)(F)F)cc1)c1ccc2c(c1)OCCCO2. The van der Waals surface area contributed by atoms with Crippen LogP contribution in [0.15, 0.2) is 42.5 Å². The summed E-state index contributed by atoms with van der Waals surface area (Å²) in [6.45, 7) is 5.38. The van der Waals surface area contributed by atoms with E-state index in [2.05, 4.69) is 5.32 Å². The highest BCUT2D eigenvalue weighted by atomic mass is 19.4. The number of urea groups is 1. The molecular weight excluding hydrogens is 409 g/mol. The van der Waals surface area contributed by atoms with E-state index in [1.807, 2.05) is 32.0 Å². The van der Waals surface area contributed by atoms with Gasteiger partial charge in [0.05, 0.1) is 24.8 Å². The molecule has 0 saturated carbocycles. The van der Waals surface area contributed by atoms with Crippen LogP contribution in [0.2, 0.25) is 0 Å². The number of nitrogens with one attached hydrogen (secondary N) is 1. The predicted molar refractivity (Wildman–Crippen MR) is 111 cm³/mol. The van der Waals surface area contributed by atoms with Crippen molar-refractivity contribution in [1.29, 1.82) is 0 Å². The van der Waals surface area contributed by atoms with Crippen LogP contribution in [0.1, 0.15) is 43.0 Å². The summed E-state index contributed by atoms with van der Waals surface area (Å²) >= 11 is 0. The summed E-state index contributed by atoms with van der Waals surface area (Å²) in [5.74, 6) is 1.45. The summed E-state index contributed by atoms with van der Waals surface area (Å²) in [5, 5.41) is 3.02. The third kappa shape index (κ3) is 5.83. The summed E-state index contributed by atoms with van der Waals surface area (Å²) in [6, 6.07) is 9.89. The highest BCUT2D eigenvalue weighted by Gasteiger charge is 2.30. The molecule has 0 fully saturated rings. The van der Waals surface area contributed by atoms with Crippen LogP contribution in [-0.2, 0) is 12.7 Å². The highest BCUT2D eigenvalue weighted by Crippen LogP contribution is 2.34. The standard InChI is InChI=1S/C23H27F3N2O3/c1-15(2)21(17-7-10-19-20(13-17)31-12-4-11-30-19)27-22(29)28(3)14-16-5-8-18(9-6-16)23(24,25)26/h5-10,13,15,21H,4,11-12,14H2,1-3H3,(H,27,29). The van der Waals surface area contributed by atoms with Gasteiger partial charge in [0.25, 0.3) is 0 Å². The number of carbonyl (C=O) groups is 1. The zero-order valence-corrected chi connectivity index (χ0v) is 17.8. The maximum Gasteiger partial charge on any atom is 0.416 e. The van der Waals surface area contributed by atoms with Gasteiger partial charge in [-0.15, -0.1) is 0 Å². The topological polar surface area (TPSA) is 50.8 Å². The Hall–Kier alpha value is -2.90. The monoisotopic (exact) mass is 436 g/mol. The number of halogens is 3. The molecule has 0 aliphatic carbocycles. The van der Waals surface area contributed by atoms with E-state index in [0.29, 0.717) is 30.3 Å². The molecule has 2 aromatic carbocycles. The van der Waals surface area contributed by atoms with Crippen LogP contribution >= 0.6 is 0 Å². The van der Waals surface area contributed by atoms with Gasteiger partial charge in [0.15, 0.2) is 11.5 Å². The zero-order chi connectivity index (χ0) is 22.6. The lowest BCUT2D eigenvalue weighted by atomic mass is 9.95. The lowest BCUT2D eigenvalue weighted by Gasteiger charge is -2.27. The van der Waals surface area contributed by atoms with Crippen molar-refractivity contribution >= 4 is 6.03 Å². The minimum atomic E-state index is -4.38. The van der Waals surface area contributed by atoms with E-state index in [1.165, 1.54) is 17.0 Å². The van der Waals surface area contributed by atoms with Crippen molar-refractivity contribution in [2.75, 3.05) is 20.3 Å². The number of benzene rings is 2. The predicted octanol–water partition coefficient (Wildman–Crippen LogP) is 5.41. The van der Waals surface area contributed by atoms with Crippen molar-refractivity contribution < 1.29 is 27.4 Å². The molecule has 1 aliphatic rings. The first kappa shape index (κ1) is 22.8. The van der Waals surface area contributed by atoms with Crippen molar-refractivity contribution in [2.45, 2.75) is 39.0 Å². The fourth-order valence-corrected chi connectivity index (χ4v) is 3.40. The molecule has 1 atom stereocenters. The molecule has 0 aromatic heterocycles. The average molecular weight is 436 g/mol. The largest absolute Gasteiger partial charge is 0.490 e. The molecule has 1 heterocycles. The number of alkyl halides is 3.